The first kappa shape index (κ1) is 20.4. The van der Waals surface area contributed by atoms with Crippen LogP contribution in [0, 0.1) is 11.3 Å². The van der Waals surface area contributed by atoms with E-state index in [0.29, 0.717) is 28.4 Å². The minimum absolute atomic E-state index is 0.0811. The predicted molar refractivity (Wildman–Crippen MR) is 120 cm³/mol. The third kappa shape index (κ3) is 4.19. The van der Waals surface area contributed by atoms with Gasteiger partial charge >= 0.3 is 0 Å². The molecule has 0 amide bonds. The number of thiophene rings is 1. The molecule has 0 bridgehead atoms. The summed E-state index contributed by atoms with van der Waals surface area (Å²) < 4.78 is 5.23. The zero-order chi connectivity index (χ0) is 20.6. The van der Waals surface area contributed by atoms with Crippen LogP contribution in [0.2, 0.25) is 0 Å². The van der Waals surface area contributed by atoms with Gasteiger partial charge in [0.1, 0.15) is 21.9 Å². The number of carbonyl (C=O) groups excluding carboxylic acids is 1. The lowest BCUT2D eigenvalue weighted by molar-refractivity contribution is 0.102. The van der Waals surface area contributed by atoms with Crippen molar-refractivity contribution in [2.24, 2.45) is 11.3 Å². The summed E-state index contributed by atoms with van der Waals surface area (Å²) in [5.74, 6) is 1.83. The number of carbonyl (C=O) groups is 1. The number of benzene rings is 1. The number of Topliss-reactive ketones (excluding diaryl/α,β-unsaturated/α-hetero) is 1. The molecule has 0 unspecified atom stereocenters. The fourth-order valence-corrected chi connectivity index (χ4v) is 6.20. The Bertz CT molecular complexity index is 1050. The second-order valence-corrected chi connectivity index (χ2v) is 10.7. The fourth-order valence-electron chi connectivity index (χ4n) is 3.94. The molecule has 0 fully saturated rings. The highest BCUT2D eigenvalue weighted by atomic mass is 32.2. The van der Waals surface area contributed by atoms with Gasteiger partial charge in [0.05, 0.1) is 12.9 Å². The van der Waals surface area contributed by atoms with Crippen LogP contribution in [0.4, 0.5) is 0 Å². The van der Waals surface area contributed by atoms with Gasteiger partial charge in [0, 0.05) is 15.8 Å². The summed E-state index contributed by atoms with van der Waals surface area (Å²) in [6.45, 7) is 7.00. The van der Waals surface area contributed by atoms with Crippen molar-refractivity contribution in [3.8, 4) is 5.75 Å². The van der Waals surface area contributed by atoms with Crippen molar-refractivity contribution in [2.75, 3.05) is 12.9 Å². The van der Waals surface area contributed by atoms with Crippen molar-refractivity contribution in [1.82, 2.24) is 9.97 Å². The molecule has 3 aromatic rings. The summed E-state index contributed by atoms with van der Waals surface area (Å²) in [5, 5.41) is 2.10. The van der Waals surface area contributed by atoms with Gasteiger partial charge < -0.3 is 4.74 Å². The Balaban J connectivity index is 1.57. The molecule has 1 aromatic carbocycles. The maximum atomic E-state index is 12.7. The number of methoxy groups -OCH3 is 1. The number of hydrogen-bond donors (Lipinski definition) is 0. The van der Waals surface area contributed by atoms with Crippen LogP contribution >= 0.6 is 23.1 Å². The smallest absolute Gasteiger partial charge is 0.173 e. The second kappa shape index (κ2) is 8.07. The Morgan fingerprint density at radius 2 is 2.14 bits per heavy atom. The molecule has 1 aliphatic carbocycles. The highest BCUT2D eigenvalue weighted by Crippen LogP contribution is 2.44. The van der Waals surface area contributed by atoms with Gasteiger partial charge in [0.15, 0.2) is 5.78 Å². The fraction of sp³-hybridized carbons (Fsp3) is 0.435. The number of fused-ring (bicyclic) bond motifs is 3. The van der Waals surface area contributed by atoms with E-state index in [1.807, 2.05) is 18.2 Å². The molecule has 0 spiro atoms. The van der Waals surface area contributed by atoms with Gasteiger partial charge in [0.2, 0.25) is 0 Å². The van der Waals surface area contributed by atoms with E-state index in [1.54, 1.807) is 30.8 Å². The maximum Gasteiger partial charge on any atom is 0.173 e. The van der Waals surface area contributed by atoms with Crippen LogP contribution in [0.3, 0.4) is 0 Å². The standard InChI is InChI=1S/C23H26N2O2S2/c1-23(2,3)15-8-9-17-19(11-15)29-22-20(17)21(24-13-25-22)28-12-18(26)14-6-5-7-16(10-14)27-4/h5-7,10,13,15H,8-9,11-12H2,1-4H3/t15-/m1/s1. The Hall–Kier alpha value is -1.92. The third-order valence-electron chi connectivity index (χ3n) is 5.77. The molecule has 0 saturated carbocycles. The van der Waals surface area contributed by atoms with Crippen molar-refractivity contribution >= 4 is 39.1 Å². The highest BCUT2D eigenvalue weighted by molar-refractivity contribution is 8.00. The molecule has 1 atom stereocenters. The lowest BCUT2D eigenvalue weighted by Gasteiger charge is -2.33. The molecule has 0 saturated heterocycles. The summed E-state index contributed by atoms with van der Waals surface area (Å²) in [7, 11) is 1.61. The van der Waals surface area contributed by atoms with Crippen LogP contribution < -0.4 is 4.74 Å². The third-order valence-corrected chi connectivity index (χ3v) is 7.92. The second-order valence-electron chi connectivity index (χ2n) is 8.61. The van der Waals surface area contributed by atoms with Gasteiger partial charge in [-0.15, -0.1) is 11.3 Å². The molecule has 29 heavy (non-hydrogen) atoms. The van der Waals surface area contributed by atoms with Gasteiger partial charge in [0.25, 0.3) is 0 Å². The van der Waals surface area contributed by atoms with Crippen LogP contribution in [-0.4, -0.2) is 28.6 Å². The first-order valence-electron chi connectivity index (χ1n) is 9.92. The summed E-state index contributed by atoms with van der Waals surface area (Å²) in [4.78, 5) is 24.3. The number of nitrogens with zero attached hydrogens (tertiary/aromatic N) is 2. The normalized spacial score (nSPS) is 16.6. The van der Waals surface area contributed by atoms with E-state index in [9.17, 15) is 4.79 Å². The number of ether oxygens (including phenoxy) is 1. The molecule has 6 heteroatoms. The zero-order valence-corrected chi connectivity index (χ0v) is 19.0. The number of thioether (sulfide) groups is 1. The van der Waals surface area contributed by atoms with E-state index < -0.39 is 0 Å². The molecule has 2 aromatic heterocycles. The summed E-state index contributed by atoms with van der Waals surface area (Å²) in [5.41, 5.74) is 2.39. The monoisotopic (exact) mass is 426 g/mol. The van der Waals surface area contributed by atoms with E-state index in [2.05, 4.69) is 30.7 Å². The Morgan fingerprint density at radius 3 is 2.90 bits per heavy atom. The minimum atomic E-state index is 0.0811. The number of hydrogen-bond acceptors (Lipinski definition) is 6. The van der Waals surface area contributed by atoms with E-state index in [1.165, 1.54) is 34.0 Å². The Kier molecular flexibility index (Phi) is 5.67. The molecule has 2 heterocycles. The number of rotatable bonds is 5. The molecule has 1 aliphatic rings. The van der Waals surface area contributed by atoms with Gasteiger partial charge in [-0.1, -0.05) is 44.7 Å². The molecule has 152 valence electrons. The average molecular weight is 427 g/mol. The summed E-state index contributed by atoms with van der Waals surface area (Å²) in [6, 6.07) is 7.32. The van der Waals surface area contributed by atoms with Gasteiger partial charge in [-0.3, -0.25) is 4.79 Å². The topological polar surface area (TPSA) is 52.1 Å². The molecular formula is C23H26N2O2S2. The van der Waals surface area contributed by atoms with Crippen LogP contribution in [0.25, 0.3) is 10.2 Å². The van der Waals surface area contributed by atoms with E-state index in [-0.39, 0.29) is 5.78 Å². The Morgan fingerprint density at radius 1 is 1.31 bits per heavy atom. The average Bonchev–Trinajstić information content (AvgIpc) is 3.09. The van der Waals surface area contributed by atoms with Gasteiger partial charge in [-0.2, -0.15) is 0 Å². The van der Waals surface area contributed by atoms with Crippen molar-refractivity contribution in [3.05, 3.63) is 46.6 Å². The minimum Gasteiger partial charge on any atom is -0.497 e. The van der Waals surface area contributed by atoms with Crippen LogP contribution in [0.5, 0.6) is 5.75 Å². The van der Waals surface area contributed by atoms with Crippen molar-refractivity contribution in [2.45, 2.75) is 45.1 Å². The first-order chi connectivity index (χ1) is 13.9. The summed E-state index contributed by atoms with van der Waals surface area (Å²) in [6.07, 6.45) is 5.02. The SMILES string of the molecule is COc1cccc(C(=O)CSc2ncnc3sc4c(c23)CC[C@@H](C(C)(C)C)C4)c1. The largest absolute Gasteiger partial charge is 0.497 e. The number of ketones is 1. The Labute approximate surface area is 180 Å². The quantitative estimate of drug-likeness (QED) is 0.292. The van der Waals surface area contributed by atoms with Gasteiger partial charge in [-0.25, -0.2) is 9.97 Å². The van der Waals surface area contributed by atoms with E-state index in [4.69, 9.17) is 4.74 Å². The van der Waals surface area contributed by atoms with Crippen LogP contribution in [0.1, 0.15) is 48.0 Å². The molecule has 4 nitrogen and oxygen atoms in total. The van der Waals surface area contributed by atoms with Crippen LogP contribution in [-0.2, 0) is 12.8 Å². The zero-order valence-electron chi connectivity index (χ0n) is 17.3. The molecule has 0 aliphatic heterocycles. The predicted octanol–water partition coefficient (Wildman–Crippen LogP) is 5.83. The summed E-state index contributed by atoms with van der Waals surface area (Å²) >= 11 is 3.32. The van der Waals surface area contributed by atoms with Crippen LogP contribution in [0.15, 0.2) is 35.6 Å². The number of aryl methyl sites for hydroxylation is 1. The number of aromatic nitrogens is 2. The lowest BCUT2D eigenvalue weighted by atomic mass is 9.72. The van der Waals surface area contributed by atoms with Crippen molar-refractivity contribution in [3.63, 3.8) is 0 Å². The lowest BCUT2D eigenvalue weighted by Crippen LogP contribution is -2.26. The first-order valence-corrected chi connectivity index (χ1v) is 11.7. The maximum absolute atomic E-state index is 12.7. The molecule has 0 N–H and O–H groups in total. The van der Waals surface area contributed by atoms with E-state index in [0.717, 1.165) is 22.7 Å². The highest BCUT2D eigenvalue weighted by Gasteiger charge is 2.31. The van der Waals surface area contributed by atoms with Crippen molar-refractivity contribution in [1.29, 1.82) is 0 Å². The molecular weight excluding hydrogens is 400 g/mol. The van der Waals surface area contributed by atoms with E-state index >= 15 is 0 Å². The molecule has 0 radical (unpaired) electrons. The molecule has 4 rings (SSSR count). The van der Waals surface area contributed by atoms with Crippen molar-refractivity contribution < 1.29 is 9.53 Å². The van der Waals surface area contributed by atoms with Gasteiger partial charge in [-0.05, 0) is 48.3 Å².